The molecular weight excluding hydrogens is 708 g/mol. The van der Waals surface area contributed by atoms with E-state index in [1.807, 2.05) is 4.90 Å². The van der Waals surface area contributed by atoms with Crippen molar-refractivity contribution < 1.29 is 41.3 Å². The number of aromatic amines is 1. The Bertz CT molecular complexity index is 2280. The number of anilines is 1. The SMILES string of the molecule is C#Cc1ccc(COc2c(-c3c(C)c(F)cc4[nH]ncc34)c(C(F)(F)F)cc3c(N4CC5CC4CN5C(=O)OC(C)(C)C)nc(OCCOC)nc23)cc1. The molecule has 2 bridgehead atoms. The maximum Gasteiger partial charge on any atom is 0.417 e. The molecule has 54 heavy (non-hydrogen) atoms. The molecule has 2 aromatic heterocycles. The van der Waals surface area contributed by atoms with Crippen LogP contribution in [0.15, 0.2) is 42.6 Å². The number of alkyl halides is 3. The number of methoxy groups -OCH3 is 1. The average Bonchev–Trinajstić information content (AvgIpc) is 3.87. The molecule has 282 valence electrons. The fourth-order valence-electron chi connectivity index (χ4n) is 7.12. The van der Waals surface area contributed by atoms with Crippen LogP contribution in [0.25, 0.3) is 32.9 Å². The number of nitrogens with one attached hydrogen (secondary N) is 1. The van der Waals surface area contributed by atoms with Crippen molar-refractivity contribution in [2.45, 2.75) is 64.6 Å². The Labute approximate surface area is 308 Å². The van der Waals surface area contributed by atoms with Crippen LogP contribution in [0.5, 0.6) is 11.8 Å². The molecule has 5 aromatic rings. The predicted octanol–water partition coefficient (Wildman–Crippen LogP) is 7.42. The van der Waals surface area contributed by atoms with Crippen molar-refractivity contribution in [3.05, 3.63) is 70.7 Å². The summed E-state index contributed by atoms with van der Waals surface area (Å²) in [7, 11) is 1.50. The van der Waals surface area contributed by atoms with Crippen molar-refractivity contribution >= 4 is 33.7 Å². The number of carbonyl (C=O) groups excluding carboxylic acids is 1. The van der Waals surface area contributed by atoms with Gasteiger partial charge >= 0.3 is 18.3 Å². The van der Waals surface area contributed by atoms with E-state index < -0.39 is 34.8 Å². The first-order valence-corrected chi connectivity index (χ1v) is 17.3. The number of amides is 1. The molecular formula is C39H38F4N6O5. The second-order valence-corrected chi connectivity index (χ2v) is 14.3. The summed E-state index contributed by atoms with van der Waals surface area (Å²) < 4.78 is 85.2. The van der Waals surface area contributed by atoms with Crippen molar-refractivity contribution in [1.82, 2.24) is 25.1 Å². The van der Waals surface area contributed by atoms with Gasteiger partial charge in [0.2, 0.25) is 0 Å². The number of aromatic nitrogens is 4. The maximum absolute atomic E-state index is 15.6. The van der Waals surface area contributed by atoms with E-state index in [9.17, 15) is 4.79 Å². The molecule has 2 aliphatic heterocycles. The monoisotopic (exact) mass is 746 g/mol. The lowest BCUT2D eigenvalue weighted by Gasteiger charge is -2.36. The van der Waals surface area contributed by atoms with Gasteiger partial charge in [-0.25, -0.2) is 9.18 Å². The smallest absolute Gasteiger partial charge is 0.417 e. The number of benzene rings is 3. The Morgan fingerprint density at radius 1 is 1.02 bits per heavy atom. The molecule has 2 atom stereocenters. The van der Waals surface area contributed by atoms with Crippen LogP contribution in [0.2, 0.25) is 0 Å². The molecule has 0 saturated carbocycles. The third-order valence-electron chi connectivity index (χ3n) is 9.57. The number of rotatable bonds is 9. The van der Waals surface area contributed by atoms with Crippen LogP contribution in [0.4, 0.5) is 28.2 Å². The van der Waals surface area contributed by atoms with E-state index in [2.05, 4.69) is 26.1 Å². The highest BCUT2D eigenvalue weighted by atomic mass is 19.4. The second-order valence-electron chi connectivity index (χ2n) is 14.3. The fraction of sp³-hybridized carbons (Fsp3) is 0.385. The number of hydrogen-bond donors (Lipinski definition) is 1. The number of nitrogens with zero attached hydrogens (tertiary/aromatic N) is 5. The van der Waals surface area contributed by atoms with Gasteiger partial charge in [-0.15, -0.1) is 6.42 Å². The zero-order valence-corrected chi connectivity index (χ0v) is 30.3. The summed E-state index contributed by atoms with van der Waals surface area (Å²) in [5, 5.41) is 6.98. The van der Waals surface area contributed by atoms with Crippen molar-refractivity contribution in [2.75, 3.05) is 38.3 Å². The van der Waals surface area contributed by atoms with Crippen molar-refractivity contribution in [1.29, 1.82) is 0 Å². The first-order valence-electron chi connectivity index (χ1n) is 17.3. The Hall–Kier alpha value is -5.62. The van der Waals surface area contributed by atoms with Crippen LogP contribution in [-0.2, 0) is 22.3 Å². The third kappa shape index (κ3) is 6.93. The summed E-state index contributed by atoms with van der Waals surface area (Å²) in [5.41, 5.74) is -0.852. The third-order valence-corrected chi connectivity index (χ3v) is 9.57. The zero-order valence-electron chi connectivity index (χ0n) is 30.3. The molecule has 0 radical (unpaired) electrons. The Morgan fingerprint density at radius 2 is 1.78 bits per heavy atom. The quantitative estimate of drug-likeness (QED) is 0.0935. The minimum absolute atomic E-state index is 0.0164. The summed E-state index contributed by atoms with van der Waals surface area (Å²) in [6, 6.07) is 8.29. The van der Waals surface area contributed by atoms with Gasteiger partial charge in [0.05, 0.1) is 36.0 Å². The molecule has 15 heteroatoms. The summed E-state index contributed by atoms with van der Waals surface area (Å²) in [5.74, 6) is 1.73. The molecule has 1 N–H and O–H groups in total. The van der Waals surface area contributed by atoms with Crippen molar-refractivity contribution in [3.63, 3.8) is 0 Å². The standard InChI is InChI=1S/C39H38F4N6O5/c1-7-22-8-10-23(11-9-22)20-53-34-32(31-21(2)29(40)16-30-27(31)17-44-47-30)28(39(41,42)43)15-26-33(34)45-36(52-13-12-51-6)46-35(26)48-18-25-14-24(48)19-49(25)37(50)54-38(3,4)5/h1,8-11,15-17,24-25H,12-14,18-20H2,2-6H3,(H,44,47). The van der Waals surface area contributed by atoms with Crippen molar-refractivity contribution in [2.24, 2.45) is 0 Å². The lowest BCUT2D eigenvalue weighted by atomic mass is 9.90. The molecule has 1 amide bonds. The number of carbonyl (C=O) groups is 1. The van der Waals surface area contributed by atoms with E-state index >= 15 is 17.6 Å². The van der Waals surface area contributed by atoms with E-state index in [1.54, 1.807) is 49.9 Å². The predicted molar refractivity (Wildman–Crippen MR) is 193 cm³/mol. The van der Waals surface area contributed by atoms with Gasteiger partial charge in [0.25, 0.3) is 0 Å². The topological polar surface area (TPSA) is 115 Å². The highest BCUT2D eigenvalue weighted by Crippen LogP contribution is 2.51. The van der Waals surface area contributed by atoms with Gasteiger partial charge in [0.1, 0.15) is 36.0 Å². The van der Waals surface area contributed by atoms with Crippen LogP contribution >= 0.6 is 0 Å². The number of H-pyrrole nitrogens is 1. The number of piperazine rings is 1. The van der Waals surface area contributed by atoms with Crippen LogP contribution in [0.1, 0.15) is 49.4 Å². The van der Waals surface area contributed by atoms with E-state index in [-0.39, 0.29) is 95.5 Å². The molecule has 2 aliphatic rings. The van der Waals surface area contributed by atoms with Gasteiger partial charge in [-0.2, -0.15) is 28.2 Å². The summed E-state index contributed by atoms with van der Waals surface area (Å²) >= 11 is 0. The number of hydrogen-bond acceptors (Lipinski definition) is 9. The number of terminal acetylenes is 1. The number of ether oxygens (including phenoxy) is 4. The lowest BCUT2D eigenvalue weighted by molar-refractivity contribution is -0.137. The van der Waals surface area contributed by atoms with E-state index in [1.165, 1.54) is 26.3 Å². The summed E-state index contributed by atoms with van der Waals surface area (Å²) in [6.45, 7) is 7.35. The van der Waals surface area contributed by atoms with E-state index in [0.29, 0.717) is 17.5 Å². The molecule has 2 fully saturated rings. The van der Waals surface area contributed by atoms with Gasteiger partial charge in [-0.05, 0) is 69.5 Å². The highest BCUT2D eigenvalue weighted by Gasteiger charge is 2.48. The molecule has 0 spiro atoms. The second kappa shape index (κ2) is 14.0. The van der Waals surface area contributed by atoms with Crippen molar-refractivity contribution in [3.8, 4) is 35.2 Å². The minimum atomic E-state index is -4.95. The molecule has 11 nitrogen and oxygen atoms in total. The molecule has 0 aliphatic carbocycles. The number of halogens is 4. The normalized spacial score (nSPS) is 17.0. The van der Waals surface area contributed by atoms with Gasteiger partial charge in [-0.1, -0.05) is 18.1 Å². The number of fused-ring (bicyclic) bond motifs is 4. The fourth-order valence-corrected chi connectivity index (χ4v) is 7.12. The Balaban J connectivity index is 1.46. The van der Waals surface area contributed by atoms with E-state index in [0.717, 1.165) is 6.07 Å². The average molecular weight is 747 g/mol. The number of likely N-dealkylation sites (tertiary alicyclic amines) is 1. The largest absolute Gasteiger partial charge is 0.486 e. The summed E-state index contributed by atoms with van der Waals surface area (Å²) in [4.78, 5) is 25.9. The Morgan fingerprint density at radius 3 is 2.43 bits per heavy atom. The van der Waals surface area contributed by atoms with Crippen LogP contribution in [0.3, 0.4) is 0 Å². The van der Waals surface area contributed by atoms with Gasteiger partial charge < -0.3 is 28.7 Å². The highest BCUT2D eigenvalue weighted by molar-refractivity contribution is 6.06. The van der Waals surface area contributed by atoms with Gasteiger partial charge in [0, 0.05) is 47.7 Å². The van der Waals surface area contributed by atoms with E-state index in [4.69, 9.17) is 25.4 Å². The summed E-state index contributed by atoms with van der Waals surface area (Å²) in [6.07, 6.45) is 2.02. The lowest BCUT2D eigenvalue weighted by Crippen LogP contribution is -2.50. The minimum Gasteiger partial charge on any atom is -0.486 e. The zero-order chi connectivity index (χ0) is 38.5. The van der Waals surface area contributed by atoms with Crippen LogP contribution in [0, 0.1) is 25.1 Å². The first-order chi connectivity index (χ1) is 25.7. The van der Waals surface area contributed by atoms with Crippen LogP contribution < -0.4 is 14.4 Å². The Kier molecular flexibility index (Phi) is 9.51. The molecule has 7 rings (SSSR count). The van der Waals surface area contributed by atoms with Gasteiger partial charge in [-0.3, -0.25) is 5.10 Å². The van der Waals surface area contributed by atoms with Gasteiger partial charge in [0.15, 0.2) is 5.75 Å². The van der Waals surface area contributed by atoms with Crippen LogP contribution in [-0.4, -0.2) is 82.3 Å². The molecule has 3 aromatic carbocycles. The first kappa shape index (κ1) is 36.7. The molecule has 2 unspecified atom stereocenters. The maximum atomic E-state index is 15.6. The molecule has 4 heterocycles. The molecule has 2 saturated heterocycles.